The molecule has 0 aliphatic heterocycles. The summed E-state index contributed by atoms with van der Waals surface area (Å²) >= 11 is 0. The van der Waals surface area contributed by atoms with Gasteiger partial charge in [0.25, 0.3) is 0 Å². The van der Waals surface area contributed by atoms with E-state index in [2.05, 4.69) is 9.72 Å². The molecule has 1 aromatic heterocycles. The maximum absolute atomic E-state index is 12.3. The first-order chi connectivity index (χ1) is 8.04. The van der Waals surface area contributed by atoms with E-state index in [4.69, 9.17) is 10.2 Å². The molecular formula is C8H5F6NO3. The van der Waals surface area contributed by atoms with Crippen molar-refractivity contribution >= 4 is 0 Å². The Bertz CT molecular complexity index is 442. The van der Waals surface area contributed by atoms with Crippen LogP contribution in [0, 0.1) is 0 Å². The Morgan fingerprint density at radius 2 is 1.72 bits per heavy atom. The molecule has 0 radical (unpaired) electrons. The van der Waals surface area contributed by atoms with Crippen LogP contribution in [0.1, 0.15) is 11.4 Å². The predicted molar refractivity (Wildman–Crippen MR) is 43.5 cm³/mol. The van der Waals surface area contributed by atoms with Crippen molar-refractivity contribution in [2.45, 2.75) is 19.1 Å². The van der Waals surface area contributed by atoms with Gasteiger partial charge in [0.05, 0.1) is 6.61 Å². The molecule has 0 aliphatic carbocycles. The highest BCUT2D eigenvalue weighted by Crippen LogP contribution is 2.38. The molecule has 1 rings (SSSR count). The third kappa shape index (κ3) is 3.39. The second-order valence-corrected chi connectivity index (χ2v) is 3.00. The van der Waals surface area contributed by atoms with Crippen molar-refractivity contribution in [1.29, 1.82) is 0 Å². The van der Waals surface area contributed by atoms with Crippen molar-refractivity contribution in [2.75, 3.05) is 0 Å². The molecule has 18 heavy (non-hydrogen) atoms. The summed E-state index contributed by atoms with van der Waals surface area (Å²) in [7, 11) is 0. The zero-order chi connectivity index (χ0) is 14.1. The Balaban J connectivity index is 3.32. The number of nitrogens with zero attached hydrogens (tertiary/aromatic N) is 1. The second-order valence-electron chi connectivity index (χ2n) is 3.00. The number of aromatic nitrogens is 1. The first kappa shape index (κ1) is 14.4. The summed E-state index contributed by atoms with van der Waals surface area (Å²) in [5.74, 6) is -2.78. The van der Waals surface area contributed by atoms with Crippen LogP contribution in [-0.2, 0) is 12.8 Å². The number of aliphatic hydroxyl groups excluding tert-OH is 1. The fourth-order valence-corrected chi connectivity index (χ4v) is 1.02. The molecule has 0 amide bonds. The SMILES string of the molecule is OCc1nc(C(F)(F)F)cc(OC(F)(F)F)c1O. The van der Waals surface area contributed by atoms with E-state index >= 15 is 0 Å². The Kier molecular flexibility index (Phi) is 3.60. The Morgan fingerprint density at radius 3 is 2.11 bits per heavy atom. The summed E-state index contributed by atoms with van der Waals surface area (Å²) in [6.45, 7) is -1.18. The van der Waals surface area contributed by atoms with Gasteiger partial charge in [-0.3, -0.25) is 0 Å². The monoisotopic (exact) mass is 277 g/mol. The third-order valence-corrected chi connectivity index (χ3v) is 1.70. The molecule has 0 fully saturated rings. The Hall–Kier alpha value is -1.71. The number of hydrogen-bond acceptors (Lipinski definition) is 4. The fraction of sp³-hybridized carbons (Fsp3) is 0.375. The number of halogens is 6. The normalized spacial score (nSPS) is 12.6. The third-order valence-electron chi connectivity index (χ3n) is 1.70. The number of alkyl halides is 6. The molecular weight excluding hydrogens is 272 g/mol. The number of hydrogen-bond donors (Lipinski definition) is 2. The average Bonchev–Trinajstić information content (AvgIpc) is 2.17. The minimum Gasteiger partial charge on any atom is -0.503 e. The highest BCUT2D eigenvalue weighted by Gasteiger charge is 2.38. The Morgan fingerprint density at radius 1 is 1.17 bits per heavy atom. The van der Waals surface area contributed by atoms with E-state index in [0.29, 0.717) is 0 Å². The lowest BCUT2D eigenvalue weighted by Gasteiger charge is -2.14. The van der Waals surface area contributed by atoms with Crippen molar-refractivity contribution < 1.29 is 41.3 Å². The minimum atomic E-state index is -5.28. The molecule has 4 nitrogen and oxygen atoms in total. The van der Waals surface area contributed by atoms with E-state index in [1.165, 1.54) is 0 Å². The lowest BCUT2D eigenvalue weighted by Crippen LogP contribution is -2.19. The summed E-state index contributed by atoms with van der Waals surface area (Å²) in [6, 6.07) is -0.109. The molecule has 0 saturated heterocycles. The van der Waals surface area contributed by atoms with Gasteiger partial charge < -0.3 is 14.9 Å². The first-order valence-electron chi connectivity index (χ1n) is 4.21. The molecule has 0 bridgehead atoms. The summed E-state index contributed by atoms with van der Waals surface area (Å²) in [4.78, 5) is 2.78. The van der Waals surface area contributed by atoms with Gasteiger partial charge in [0.2, 0.25) is 0 Å². The van der Waals surface area contributed by atoms with Gasteiger partial charge in [-0.1, -0.05) is 0 Å². The molecule has 0 aliphatic rings. The van der Waals surface area contributed by atoms with Gasteiger partial charge in [-0.25, -0.2) is 4.98 Å². The lowest BCUT2D eigenvalue weighted by molar-refractivity contribution is -0.275. The smallest absolute Gasteiger partial charge is 0.503 e. The van der Waals surface area contributed by atoms with Gasteiger partial charge >= 0.3 is 12.5 Å². The number of aliphatic hydroxyl groups is 1. The van der Waals surface area contributed by atoms with Crippen LogP contribution in [0.4, 0.5) is 26.3 Å². The number of rotatable bonds is 2. The van der Waals surface area contributed by atoms with Gasteiger partial charge in [-0.05, 0) is 0 Å². The van der Waals surface area contributed by atoms with Crippen LogP contribution in [0.15, 0.2) is 6.07 Å². The molecule has 10 heteroatoms. The number of pyridine rings is 1. The molecule has 1 heterocycles. The maximum atomic E-state index is 12.3. The van der Waals surface area contributed by atoms with Crippen LogP contribution in [-0.4, -0.2) is 21.6 Å². The van der Waals surface area contributed by atoms with Crippen LogP contribution >= 0.6 is 0 Å². The zero-order valence-corrected chi connectivity index (χ0v) is 8.30. The van der Waals surface area contributed by atoms with Crippen LogP contribution in [0.25, 0.3) is 0 Å². The second kappa shape index (κ2) is 4.52. The molecule has 2 N–H and O–H groups in total. The fourth-order valence-electron chi connectivity index (χ4n) is 1.02. The van der Waals surface area contributed by atoms with Crippen molar-refractivity contribution in [3.05, 3.63) is 17.5 Å². The Labute approximate surface area is 95.4 Å². The van der Waals surface area contributed by atoms with E-state index in [9.17, 15) is 26.3 Å². The van der Waals surface area contributed by atoms with Crippen molar-refractivity contribution in [1.82, 2.24) is 4.98 Å². The molecule has 0 aromatic carbocycles. The average molecular weight is 277 g/mol. The van der Waals surface area contributed by atoms with Crippen LogP contribution < -0.4 is 4.74 Å². The molecule has 0 spiro atoms. The van der Waals surface area contributed by atoms with Gasteiger partial charge in [0, 0.05) is 6.07 Å². The quantitative estimate of drug-likeness (QED) is 0.813. The van der Waals surface area contributed by atoms with E-state index in [0.717, 1.165) is 0 Å². The van der Waals surface area contributed by atoms with Crippen LogP contribution in [0.5, 0.6) is 11.5 Å². The standard InChI is InChI=1S/C8H5F6NO3/c9-7(10,11)5-1-4(18-8(12,13)14)6(17)3(2-16)15-5/h1,16-17H,2H2. The predicted octanol–water partition coefficient (Wildman–Crippen LogP) is 2.20. The van der Waals surface area contributed by atoms with Gasteiger partial charge in [0.1, 0.15) is 11.4 Å². The highest BCUT2D eigenvalue weighted by atomic mass is 19.4. The molecule has 0 unspecified atom stereocenters. The molecule has 1 aromatic rings. The summed E-state index contributed by atoms with van der Waals surface area (Å²) in [5.41, 5.74) is -2.69. The van der Waals surface area contributed by atoms with E-state index in [1.807, 2.05) is 0 Å². The topological polar surface area (TPSA) is 62.6 Å². The first-order valence-corrected chi connectivity index (χ1v) is 4.21. The zero-order valence-electron chi connectivity index (χ0n) is 8.30. The number of ether oxygens (including phenoxy) is 1. The van der Waals surface area contributed by atoms with E-state index in [-0.39, 0.29) is 6.07 Å². The lowest BCUT2D eigenvalue weighted by atomic mass is 10.2. The van der Waals surface area contributed by atoms with Gasteiger partial charge in [-0.15, -0.1) is 13.2 Å². The summed E-state index contributed by atoms with van der Waals surface area (Å²) < 4.78 is 75.7. The van der Waals surface area contributed by atoms with Crippen LogP contribution in [0.3, 0.4) is 0 Å². The number of aromatic hydroxyl groups is 1. The van der Waals surface area contributed by atoms with Crippen molar-refractivity contribution in [2.24, 2.45) is 0 Å². The summed E-state index contributed by atoms with van der Waals surface area (Å²) in [5, 5.41) is 17.7. The molecule has 0 atom stereocenters. The minimum absolute atomic E-state index is 0.109. The van der Waals surface area contributed by atoms with Crippen molar-refractivity contribution in [3.63, 3.8) is 0 Å². The largest absolute Gasteiger partial charge is 0.573 e. The molecule has 102 valence electrons. The maximum Gasteiger partial charge on any atom is 0.573 e. The highest BCUT2D eigenvalue weighted by molar-refractivity contribution is 5.44. The van der Waals surface area contributed by atoms with Crippen molar-refractivity contribution in [3.8, 4) is 11.5 Å². The van der Waals surface area contributed by atoms with Gasteiger partial charge in [0.15, 0.2) is 11.5 Å². The van der Waals surface area contributed by atoms with Crippen LogP contribution in [0.2, 0.25) is 0 Å². The van der Waals surface area contributed by atoms with E-state index in [1.54, 1.807) is 0 Å². The summed E-state index contributed by atoms with van der Waals surface area (Å²) in [6.07, 6.45) is -10.3. The van der Waals surface area contributed by atoms with E-state index < -0.39 is 42.0 Å². The molecule has 0 saturated carbocycles. The van der Waals surface area contributed by atoms with Gasteiger partial charge in [-0.2, -0.15) is 13.2 Å².